The van der Waals surface area contributed by atoms with Crippen molar-refractivity contribution in [3.8, 4) is 0 Å². The first-order valence-corrected chi connectivity index (χ1v) is 4.22. The third kappa shape index (κ3) is 2.39. The van der Waals surface area contributed by atoms with Crippen LogP contribution in [-0.4, -0.2) is 28.3 Å². The molecule has 0 unspecified atom stereocenters. The molecule has 1 saturated heterocycles. The quantitative estimate of drug-likeness (QED) is 0.502. The van der Waals surface area contributed by atoms with Crippen LogP contribution >= 0.6 is 22.9 Å². The molecule has 0 radical (unpaired) electrons. The molecule has 1 N–H and O–H groups in total. The van der Waals surface area contributed by atoms with Crippen LogP contribution < -0.4 is 5.32 Å². The van der Waals surface area contributed by atoms with Crippen LogP contribution in [0, 0.1) is 0 Å². The van der Waals surface area contributed by atoms with Gasteiger partial charge >= 0.3 is 0 Å². The summed E-state index contributed by atoms with van der Waals surface area (Å²) in [6.07, 6.45) is 0. The van der Waals surface area contributed by atoms with E-state index in [1.807, 2.05) is 0 Å². The summed E-state index contributed by atoms with van der Waals surface area (Å²) in [5.41, 5.74) is 0.319. The number of halogens is 1. The fourth-order valence-corrected chi connectivity index (χ4v) is 2.17. The van der Waals surface area contributed by atoms with Gasteiger partial charge in [0.1, 0.15) is 0 Å². The minimum atomic E-state index is 0.319. The van der Waals surface area contributed by atoms with Gasteiger partial charge in [0.15, 0.2) is 0 Å². The molecule has 0 spiro atoms. The molecule has 3 heteroatoms. The fraction of sp³-hybridized carbons (Fsp3) is 1.00. The van der Waals surface area contributed by atoms with Gasteiger partial charge in [-0.3, -0.25) is 0 Å². The molecule has 0 aromatic rings. The molecule has 9 heavy (non-hydrogen) atoms. The third-order valence-electron chi connectivity index (χ3n) is 1.52. The van der Waals surface area contributed by atoms with Gasteiger partial charge in [0.25, 0.3) is 0 Å². The second-order valence-corrected chi connectivity index (χ2v) is 4.52. The Bertz CT molecular complexity index is 103. The highest BCUT2D eigenvalue weighted by atomic mass is 127. The van der Waals surface area contributed by atoms with E-state index < -0.39 is 0 Å². The van der Waals surface area contributed by atoms with E-state index in [0.29, 0.717) is 5.54 Å². The fourth-order valence-electron chi connectivity index (χ4n) is 1.08. The summed E-state index contributed by atoms with van der Waals surface area (Å²) in [7, 11) is 0. The first kappa shape index (κ1) is 7.75. The van der Waals surface area contributed by atoms with E-state index >= 15 is 0 Å². The number of hydrogen-bond donors (Lipinski definition) is 1. The molecule has 0 atom stereocenters. The summed E-state index contributed by atoms with van der Waals surface area (Å²) >= 11 is 2.38. The summed E-state index contributed by atoms with van der Waals surface area (Å²) in [5.74, 6) is 0. The first-order chi connectivity index (χ1) is 4.10. The van der Waals surface area contributed by atoms with E-state index in [4.69, 9.17) is 0 Å². The molecule has 0 aromatic heterocycles. The minimum Gasteiger partial charge on any atom is -0.309 e. The maximum Gasteiger partial charge on any atom is 0.0260 e. The topological polar surface area (TPSA) is 15.3 Å². The van der Waals surface area contributed by atoms with E-state index in [1.165, 1.54) is 6.54 Å². The lowest BCUT2D eigenvalue weighted by atomic mass is 10.0. The lowest BCUT2D eigenvalue weighted by Gasteiger charge is -2.35. The lowest BCUT2D eigenvalue weighted by Crippen LogP contribution is -2.53. The van der Waals surface area contributed by atoms with Crippen LogP contribution in [0.1, 0.15) is 13.8 Å². The van der Waals surface area contributed by atoms with Gasteiger partial charge in [0, 0.05) is 48.0 Å². The van der Waals surface area contributed by atoms with Gasteiger partial charge in [-0.1, -0.05) is 0 Å². The molecular weight excluding hydrogens is 227 g/mol. The molecule has 54 valence electrons. The van der Waals surface area contributed by atoms with Gasteiger partial charge in [-0.2, -0.15) is 0 Å². The Labute approximate surface area is 70.5 Å². The van der Waals surface area contributed by atoms with Crippen molar-refractivity contribution in [2.45, 2.75) is 19.4 Å². The average Bonchev–Trinajstić information content (AvgIpc) is 1.60. The van der Waals surface area contributed by atoms with E-state index in [-0.39, 0.29) is 0 Å². The predicted octanol–water partition coefficient (Wildman–Crippen LogP) is 1.02. The van der Waals surface area contributed by atoms with Crippen molar-refractivity contribution < 1.29 is 0 Å². The standard InChI is InChI=1S/C6H13IN2/c1-6(2)5-9(7)4-3-8-6/h8H,3-5H2,1-2H3. The molecule has 0 aliphatic carbocycles. The third-order valence-corrected chi connectivity index (χ3v) is 2.35. The van der Waals surface area contributed by atoms with Gasteiger partial charge in [0.05, 0.1) is 0 Å². The van der Waals surface area contributed by atoms with Crippen molar-refractivity contribution in [1.82, 2.24) is 8.43 Å². The number of rotatable bonds is 0. The molecule has 1 rings (SSSR count). The van der Waals surface area contributed by atoms with Crippen LogP contribution in [0.4, 0.5) is 0 Å². The lowest BCUT2D eigenvalue weighted by molar-refractivity contribution is 0.263. The Kier molecular flexibility index (Phi) is 2.34. The molecule has 1 heterocycles. The van der Waals surface area contributed by atoms with Crippen LogP contribution in [0.25, 0.3) is 0 Å². The Balaban J connectivity index is 2.41. The smallest absolute Gasteiger partial charge is 0.0260 e. The number of hydrogen-bond acceptors (Lipinski definition) is 2. The molecule has 0 aromatic carbocycles. The maximum absolute atomic E-state index is 3.44. The summed E-state index contributed by atoms with van der Waals surface area (Å²) in [4.78, 5) is 0. The van der Waals surface area contributed by atoms with Crippen molar-refractivity contribution >= 4 is 22.9 Å². The van der Waals surface area contributed by atoms with E-state index in [2.05, 4.69) is 45.1 Å². The molecule has 1 aliphatic rings. The average molecular weight is 240 g/mol. The molecule has 0 saturated carbocycles. The molecule has 1 aliphatic heterocycles. The number of nitrogens with zero attached hydrogens (tertiary/aromatic N) is 1. The SMILES string of the molecule is CC1(C)CN(I)CCN1. The normalized spacial score (nSPS) is 28.3. The van der Waals surface area contributed by atoms with Gasteiger partial charge in [-0.05, 0) is 13.8 Å². The van der Waals surface area contributed by atoms with E-state index in [0.717, 1.165) is 13.1 Å². The number of nitrogens with one attached hydrogen (secondary N) is 1. The van der Waals surface area contributed by atoms with Gasteiger partial charge in [-0.25, -0.2) is 3.11 Å². The summed E-state index contributed by atoms with van der Waals surface area (Å²) in [6.45, 7) is 7.91. The zero-order chi connectivity index (χ0) is 6.91. The van der Waals surface area contributed by atoms with Crippen molar-refractivity contribution in [2.75, 3.05) is 19.6 Å². The van der Waals surface area contributed by atoms with Gasteiger partial charge in [-0.15, -0.1) is 0 Å². The van der Waals surface area contributed by atoms with Crippen molar-refractivity contribution in [3.63, 3.8) is 0 Å². The maximum atomic E-state index is 3.44. The van der Waals surface area contributed by atoms with Crippen molar-refractivity contribution in [1.29, 1.82) is 0 Å². The molecule has 1 fully saturated rings. The molecular formula is C6H13IN2. The molecule has 0 amide bonds. The monoisotopic (exact) mass is 240 g/mol. The minimum absolute atomic E-state index is 0.319. The van der Waals surface area contributed by atoms with Crippen molar-refractivity contribution in [2.24, 2.45) is 0 Å². The summed E-state index contributed by atoms with van der Waals surface area (Å²) in [5, 5.41) is 3.44. The Morgan fingerprint density at radius 2 is 2.22 bits per heavy atom. The Morgan fingerprint density at radius 3 is 2.56 bits per heavy atom. The van der Waals surface area contributed by atoms with E-state index in [9.17, 15) is 0 Å². The molecule has 0 bridgehead atoms. The summed E-state index contributed by atoms with van der Waals surface area (Å²) in [6, 6.07) is 0. The summed E-state index contributed by atoms with van der Waals surface area (Å²) < 4.78 is 2.33. The van der Waals surface area contributed by atoms with E-state index in [1.54, 1.807) is 0 Å². The predicted molar refractivity (Wildman–Crippen MR) is 47.7 cm³/mol. The molecule has 2 nitrogen and oxygen atoms in total. The van der Waals surface area contributed by atoms with Crippen LogP contribution in [0.5, 0.6) is 0 Å². The van der Waals surface area contributed by atoms with Gasteiger partial charge < -0.3 is 5.32 Å². The first-order valence-electron chi connectivity index (χ1n) is 3.26. The highest BCUT2D eigenvalue weighted by Gasteiger charge is 2.23. The largest absolute Gasteiger partial charge is 0.309 e. The van der Waals surface area contributed by atoms with Crippen LogP contribution in [-0.2, 0) is 0 Å². The number of piperazine rings is 1. The van der Waals surface area contributed by atoms with Crippen LogP contribution in [0.15, 0.2) is 0 Å². The highest BCUT2D eigenvalue weighted by molar-refractivity contribution is 14.1. The highest BCUT2D eigenvalue weighted by Crippen LogP contribution is 2.12. The second kappa shape index (κ2) is 2.72. The van der Waals surface area contributed by atoms with Crippen LogP contribution in [0.2, 0.25) is 0 Å². The Morgan fingerprint density at radius 1 is 1.56 bits per heavy atom. The second-order valence-electron chi connectivity index (χ2n) is 3.16. The van der Waals surface area contributed by atoms with Crippen LogP contribution in [0.3, 0.4) is 0 Å². The zero-order valence-corrected chi connectivity index (χ0v) is 8.10. The van der Waals surface area contributed by atoms with Crippen molar-refractivity contribution in [3.05, 3.63) is 0 Å². The zero-order valence-electron chi connectivity index (χ0n) is 5.95. The Hall–Kier alpha value is 0.650. The van der Waals surface area contributed by atoms with Gasteiger partial charge in [0.2, 0.25) is 0 Å².